The molecule has 0 aliphatic rings. The fraction of sp³-hybridized carbons (Fsp3) is 0.417. The second-order valence-corrected chi connectivity index (χ2v) is 4.06. The van der Waals surface area contributed by atoms with Gasteiger partial charge in [-0.05, 0) is 37.5 Å². The Morgan fingerprint density at radius 2 is 2.25 bits per heavy atom. The molecule has 2 N–H and O–H groups in total. The van der Waals surface area contributed by atoms with Crippen molar-refractivity contribution >= 4 is 17.6 Å². The largest absolute Gasteiger partial charge is 0.465 e. The Balaban J connectivity index is 2.69. The molecule has 0 fully saturated rings. The lowest BCUT2D eigenvalue weighted by Crippen LogP contribution is -2.34. The van der Waals surface area contributed by atoms with Crippen LogP contribution in [0.3, 0.4) is 0 Å². The van der Waals surface area contributed by atoms with Crippen molar-refractivity contribution in [2.45, 2.75) is 26.3 Å². The summed E-state index contributed by atoms with van der Waals surface area (Å²) in [6, 6.07) is 5.03. The molecule has 0 radical (unpaired) electrons. The molecule has 88 valence electrons. The summed E-state index contributed by atoms with van der Waals surface area (Å²) in [6.45, 7) is 4.05. The number of rotatable bonds is 4. The molecule has 4 heteroatoms. The summed E-state index contributed by atoms with van der Waals surface area (Å²) in [5.41, 5.74) is 7.66. The average molecular weight is 242 g/mol. The van der Waals surface area contributed by atoms with E-state index in [1.807, 2.05) is 25.1 Å². The maximum Gasteiger partial charge on any atom is 0.323 e. The first kappa shape index (κ1) is 13.0. The molecule has 1 aromatic rings. The topological polar surface area (TPSA) is 52.3 Å². The first-order valence-electron chi connectivity index (χ1n) is 5.21. The lowest BCUT2D eigenvalue weighted by atomic mass is 10.1. The fourth-order valence-electron chi connectivity index (χ4n) is 1.39. The smallest absolute Gasteiger partial charge is 0.323 e. The second kappa shape index (κ2) is 5.87. The summed E-state index contributed by atoms with van der Waals surface area (Å²) in [6.07, 6.45) is 0.401. The Kier molecular flexibility index (Phi) is 4.77. The van der Waals surface area contributed by atoms with Crippen LogP contribution in [0.25, 0.3) is 0 Å². The summed E-state index contributed by atoms with van der Waals surface area (Å²) in [5.74, 6) is -0.390. The number of hydrogen-bond donors (Lipinski definition) is 1. The minimum atomic E-state index is -0.653. The van der Waals surface area contributed by atoms with Crippen LogP contribution >= 0.6 is 11.6 Å². The molecule has 0 aliphatic carbocycles. The molecule has 0 aromatic heterocycles. The predicted molar refractivity (Wildman–Crippen MR) is 64.5 cm³/mol. The number of ether oxygens (including phenoxy) is 1. The second-order valence-electron chi connectivity index (χ2n) is 3.66. The molecular formula is C12H16ClNO2. The van der Waals surface area contributed by atoms with Gasteiger partial charge >= 0.3 is 5.97 Å². The molecule has 0 saturated heterocycles. The van der Waals surface area contributed by atoms with Crippen LogP contribution in [-0.2, 0) is 16.0 Å². The molecule has 1 rings (SSSR count). The van der Waals surface area contributed by atoms with E-state index < -0.39 is 6.04 Å². The van der Waals surface area contributed by atoms with Crippen molar-refractivity contribution in [3.05, 3.63) is 34.3 Å². The predicted octanol–water partition coefficient (Wildman–Crippen LogP) is 2.08. The zero-order valence-corrected chi connectivity index (χ0v) is 10.3. The summed E-state index contributed by atoms with van der Waals surface area (Å²) in [4.78, 5) is 11.3. The maximum absolute atomic E-state index is 11.3. The van der Waals surface area contributed by atoms with Crippen LogP contribution in [0.15, 0.2) is 18.2 Å². The Morgan fingerprint density at radius 1 is 1.56 bits per heavy atom. The van der Waals surface area contributed by atoms with Crippen LogP contribution < -0.4 is 5.73 Å². The Morgan fingerprint density at radius 3 is 2.81 bits per heavy atom. The van der Waals surface area contributed by atoms with Gasteiger partial charge in [0.25, 0.3) is 0 Å². The van der Waals surface area contributed by atoms with E-state index in [0.717, 1.165) is 11.1 Å². The molecule has 0 bridgehead atoms. The van der Waals surface area contributed by atoms with Crippen molar-refractivity contribution in [3.63, 3.8) is 0 Å². The van der Waals surface area contributed by atoms with Crippen molar-refractivity contribution in [1.82, 2.24) is 0 Å². The first-order valence-corrected chi connectivity index (χ1v) is 5.59. The van der Waals surface area contributed by atoms with Crippen LogP contribution in [0.2, 0.25) is 5.02 Å². The Bertz CT molecular complexity index is 379. The molecular weight excluding hydrogens is 226 g/mol. The van der Waals surface area contributed by atoms with Crippen molar-refractivity contribution in [2.75, 3.05) is 6.61 Å². The molecule has 0 heterocycles. The van der Waals surface area contributed by atoms with Crippen molar-refractivity contribution in [2.24, 2.45) is 5.73 Å². The molecule has 3 nitrogen and oxygen atoms in total. The van der Waals surface area contributed by atoms with Gasteiger partial charge in [0.2, 0.25) is 0 Å². The molecule has 1 atom stereocenters. The molecule has 0 unspecified atom stereocenters. The summed E-state index contributed by atoms with van der Waals surface area (Å²) in [5, 5.41) is 0.639. The third-order valence-electron chi connectivity index (χ3n) is 2.24. The number of halogens is 1. The van der Waals surface area contributed by atoms with E-state index in [-0.39, 0.29) is 5.97 Å². The quantitative estimate of drug-likeness (QED) is 0.822. The van der Waals surface area contributed by atoms with Gasteiger partial charge < -0.3 is 10.5 Å². The fourth-order valence-corrected chi connectivity index (χ4v) is 1.70. The van der Waals surface area contributed by atoms with Gasteiger partial charge in [0.15, 0.2) is 0 Å². The molecule has 1 aromatic carbocycles. The number of esters is 1. The van der Waals surface area contributed by atoms with Crippen LogP contribution in [0.4, 0.5) is 0 Å². The van der Waals surface area contributed by atoms with Crippen molar-refractivity contribution < 1.29 is 9.53 Å². The van der Waals surface area contributed by atoms with E-state index >= 15 is 0 Å². The van der Waals surface area contributed by atoms with Gasteiger partial charge in [-0.1, -0.05) is 23.7 Å². The third-order valence-corrected chi connectivity index (χ3v) is 2.59. The number of carbonyl (C=O) groups excluding carboxylic acids is 1. The Labute approximate surface area is 101 Å². The number of aryl methyl sites for hydroxylation is 1. The standard InChI is InChI=1S/C12H16ClNO2/c1-3-16-12(15)11(14)7-9-5-4-8(2)6-10(9)13/h4-6,11H,3,7,14H2,1-2H3/t11-/m1/s1. The minimum absolute atomic E-state index is 0.341. The summed E-state index contributed by atoms with van der Waals surface area (Å²) in [7, 11) is 0. The van der Waals surface area contributed by atoms with Gasteiger partial charge in [0, 0.05) is 5.02 Å². The number of carbonyl (C=O) groups is 1. The van der Waals surface area contributed by atoms with E-state index in [1.54, 1.807) is 6.92 Å². The minimum Gasteiger partial charge on any atom is -0.465 e. The van der Waals surface area contributed by atoms with Crippen LogP contribution in [-0.4, -0.2) is 18.6 Å². The van der Waals surface area contributed by atoms with E-state index in [4.69, 9.17) is 22.1 Å². The average Bonchev–Trinajstić information content (AvgIpc) is 2.22. The number of hydrogen-bond acceptors (Lipinski definition) is 3. The lowest BCUT2D eigenvalue weighted by Gasteiger charge is -2.11. The molecule has 0 saturated carbocycles. The third kappa shape index (κ3) is 3.51. The van der Waals surface area contributed by atoms with E-state index in [1.165, 1.54) is 0 Å². The number of nitrogens with two attached hydrogens (primary N) is 1. The van der Waals surface area contributed by atoms with Crippen LogP contribution in [0.1, 0.15) is 18.1 Å². The van der Waals surface area contributed by atoms with E-state index in [9.17, 15) is 4.79 Å². The van der Waals surface area contributed by atoms with Crippen LogP contribution in [0, 0.1) is 6.92 Å². The van der Waals surface area contributed by atoms with Gasteiger partial charge in [-0.3, -0.25) is 4.79 Å². The molecule has 0 spiro atoms. The van der Waals surface area contributed by atoms with Gasteiger partial charge in [-0.15, -0.1) is 0 Å². The van der Waals surface area contributed by atoms with Gasteiger partial charge in [-0.2, -0.15) is 0 Å². The zero-order chi connectivity index (χ0) is 12.1. The molecule has 0 amide bonds. The highest BCUT2D eigenvalue weighted by Crippen LogP contribution is 2.18. The first-order chi connectivity index (χ1) is 7.54. The normalized spacial score (nSPS) is 12.2. The monoisotopic (exact) mass is 241 g/mol. The van der Waals surface area contributed by atoms with Gasteiger partial charge in [0.05, 0.1) is 6.61 Å². The lowest BCUT2D eigenvalue weighted by molar-refractivity contribution is -0.144. The zero-order valence-electron chi connectivity index (χ0n) is 9.50. The summed E-state index contributed by atoms with van der Waals surface area (Å²) < 4.78 is 4.83. The van der Waals surface area contributed by atoms with Gasteiger partial charge in [-0.25, -0.2) is 0 Å². The molecule has 0 aliphatic heterocycles. The highest BCUT2D eigenvalue weighted by Gasteiger charge is 2.16. The Hall–Kier alpha value is -1.06. The summed E-state index contributed by atoms with van der Waals surface area (Å²) >= 11 is 6.05. The number of benzene rings is 1. The highest BCUT2D eigenvalue weighted by atomic mass is 35.5. The maximum atomic E-state index is 11.3. The van der Waals surface area contributed by atoms with Gasteiger partial charge in [0.1, 0.15) is 6.04 Å². The SMILES string of the molecule is CCOC(=O)[C@H](N)Cc1ccc(C)cc1Cl. The van der Waals surface area contributed by atoms with Crippen molar-refractivity contribution in [1.29, 1.82) is 0 Å². The molecule has 16 heavy (non-hydrogen) atoms. The van der Waals surface area contributed by atoms with E-state index in [2.05, 4.69) is 0 Å². The van der Waals surface area contributed by atoms with E-state index in [0.29, 0.717) is 18.1 Å². The highest BCUT2D eigenvalue weighted by molar-refractivity contribution is 6.31. The van der Waals surface area contributed by atoms with Crippen molar-refractivity contribution in [3.8, 4) is 0 Å². The van der Waals surface area contributed by atoms with Crippen LogP contribution in [0.5, 0.6) is 0 Å².